The minimum atomic E-state index is -0.0821. The Bertz CT molecular complexity index is 444. The number of rotatable bonds is 6. The summed E-state index contributed by atoms with van der Waals surface area (Å²) >= 11 is 0. The van der Waals surface area contributed by atoms with E-state index in [0.717, 1.165) is 5.56 Å². The molecule has 2 rings (SSSR count). The summed E-state index contributed by atoms with van der Waals surface area (Å²) in [5, 5.41) is 13.8. The Balaban J connectivity index is 2.08. The molecule has 1 N–H and O–H groups in total. The highest BCUT2D eigenvalue weighted by molar-refractivity contribution is 5.37. The lowest BCUT2D eigenvalue weighted by Crippen LogP contribution is -2.12. The molecule has 6 heteroatoms. The maximum atomic E-state index is 10.2. The molecule has 0 aliphatic heterocycles. The number of hydrogen-bond acceptors (Lipinski definition) is 5. The molecule has 1 atom stereocenters. The second-order valence-electron chi connectivity index (χ2n) is 3.59. The third-order valence-electron chi connectivity index (χ3n) is 2.42. The maximum Gasteiger partial charge on any atom is 0.293 e. The molecule has 17 heavy (non-hydrogen) atoms. The van der Waals surface area contributed by atoms with Gasteiger partial charge in [-0.2, -0.15) is 5.21 Å². The zero-order valence-corrected chi connectivity index (χ0v) is 9.11. The van der Waals surface area contributed by atoms with Gasteiger partial charge in [0.2, 0.25) is 0 Å². The predicted octanol–water partition coefficient (Wildman–Crippen LogP) is 0.699. The summed E-state index contributed by atoms with van der Waals surface area (Å²) in [6, 6.07) is 9.89. The van der Waals surface area contributed by atoms with Crippen molar-refractivity contribution in [1.29, 1.82) is 0 Å². The van der Waals surface area contributed by atoms with Crippen molar-refractivity contribution in [3.8, 4) is 0 Å². The number of aromatic amines is 1. The summed E-state index contributed by atoms with van der Waals surface area (Å²) < 4.78 is 4.79. The van der Waals surface area contributed by atoms with Crippen LogP contribution in [0, 0.1) is 0 Å². The van der Waals surface area contributed by atoms with E-state index in [-0.39, 0.29) is 12.5 Å². The average Bonchev–Trinajstić information content (AvgIpc) is 2.89. The quantitative estimate of drug-likeness (QED) is 0.741. The van der Waals surface area contributed by atoms with Crippen LogP contribution in [0.15, 0.2) is 30.3 Å². The van der Waals surface area contributed by atoms with Crippen LogP contribution in [0.1, 0.15) is 17.3 Å². The average molecular weight is 232 g/mol. The Labute approximate surface area is 98.0 Å². The minimum Gasteiger partial charge on any atom is -0.467 e. The molecule has 6 nitrogen and oxygen atoms in total. The highest BCUT2D eigenvalue weighted by Crippen LogP contribution is 2.16. The molecule has 0 radical (unpaired) electrons. The number of hydrogen-bond donors (Lipinski definition) is 1. The number of benzene rings is 1. The highest BCUT2D eigenvalue weighted by atomic mass is 16.5. The van der Waals surface area contributed by atoms with Crippen LogP contribution in [0.25, 0.3) is 0 Å². The van der Waals surface area contributed by atoms with Crippen molar-refractivity contribution in [2.24, 2.45) is 0 Å². The van der Waals surface area contributed by atoms with E-state index >= 15 is 0 Å². The first-order valence-corrected chi connectivity index (χ1v) is 5.22. The summed E-state index contributed by atoms with van der Waals surface area (Å²) in [7, 11) is 0. The highest BCUT2D eigenvalue weighted by Gasteiger charge is 2.17. The van der Waals surface area contributed by atoms with Crippen LogP contribution < -0.4 is 0 Å². The monoisotopic (exact) mass is 232 g/mol. The fraction of sp³-hybridized carbons (Fsp3) is 0.273. The molecule has 1 heterocycles. The fourth-order valence-corrected chi connectivity index (χ4v) is 1.62. The summed E-state index contributed by atoms with van der Waals surface area (Å²) in [5.41, 5.74) is 1.14. The molecule has 0 saturated heterocycles. The molecule has 0 amide bonds. The number of aromatic nitrogens is 4. The largest absolute Gasteiger partial charge is 0.467 e. The Morgan fingerprint density at radius 2 is 2.18 bits per heavy atom. The standard InChI is InChI=1S/C11H12N4O2/c16-8-17-7-10(11-12-14-15-13-11)6-9-4-2-1-3-5-9/h1-5,8,10H,6-7H2,(H,12,13,14,15). The third-order valence-corrected chi connectivity index (χ3v) is 2.42. The van der Waals surface area contributed by atoms with Gasteiger partial charge in [0.1, 0.15) is 6.61 Å². The van der Waals surface area contributed by atoms with Crippen LogP contribution in [-0.4, -0.2) is 33.7 Å². The molecule has 0 aliphatic carbocycles. The molecule has 2 aromatic rings. The smallest absolute Gasteiger partial charge is 0.293 e. The van der Waals surface area contributed by atoms with Crippen molar-refractivity contribution in [2.75, 3.05) is 6.61 Å². The van der Waals surface area contributed by atoms with E-state index in [4.69, 9.17) is 4.74 Å². The van der Waals surface area contributed by atoms with E-state index in [1.54, 1.807) is 0 Å². The fourth-order valence-electron chi connectivity index (χ4n) is 1.62. The molecule has 88 valence electrons. The number of nitrogens with one attached hydrogen (secondary N) is 1. The van der Waals surface area contributed by atoms with Crippen LogP contribution in [0.5, 0.6) is 0 Å². The molecule has 1 aromatic heterocycles. The Kier molecular flexibility index (Phi) is 3.80. The Morgan fingerprint density at radius 3 is 2.82 bits per heavy atom. The number of carbonyl (C=O) groups is 1. The number of carbonyl (C=O) groups excluding carboxylic acids is 1. The van der Waals surface area contributed by atoms with Crippen molar-refractivity contribution in [1.82, 2.24) is 20.6 Å². The number of ether oxygens (including phenoxy) is 1. The van der Waals surface area contributed by atoms with Gasteiger partial charge in [-0.25, -0.2) is 0 Å². The van der Waals surface area contributed by atoms with Crippen LogP contribution >= 0.6 is 0 Å². The Hall–Kier alpha value is -2.24. The molecule has 1 aromatic carbocycles. The lowest BCUT2D eigenvalue weighted by molar-refractivity contribution is -0.129. The van der Waals surface area contributed by atoms with E-state index in [1.165, 1.54) is 0 Å². The molecule has 1 unspecified atom stereocenters. The summed E-state index contributed by atoms with van der Waals surface area (Å²) in [6.45, 7) is 0.677. The van der Waals surface area contributed by atoms with Gasteiger partial charge in [-0.15, -0.1) is 10.2 Å². The van der Waals surface area contributed by atoms with E-state index in [9.17, 15) is 4.79 Å². The van der Waals surface area contributed by atoms with Crippen molar-refractivity contribution in [2.45, 2.75) is 12.3 Å². The van der Waals surface area contributed by atoms with Gasteiger partial charge in [-0.3, -0.25) is 4.79 Å². The van der Waals surface area contributed by atoms with Gasteiger partial charge in [0.15, 0.2) is 5.82 Å². The van der Waals surface area contributed by atoms with Crippen molar-refractivity contribution < 1.29 is 9.53 Å². The van der Waals surface area contributed by atoms with Crippen molar-refractivity contribution in [3.05, 3.63) is 41.7 Å². The SMILES string of the molecule is O=COCC(Cc1ccccc1)c1nn[nH]n1. The van der Waals surface area contributed by atoms with Gasteiger partial charge < -0.3 is 4.74 Å². The summed E-state index contributed by atoms with van der Waals surface area (Å²) in [5.74, 6) is 0.469. The minimum absolute atomic E-state index is 0.0821. The summed E-state index contributed by atoms with van der Waals surface area (Å²) in [4.78, 5) is 10.2. The zero-order chi connectivity index (χ0) is 11.9. The number of tetrazole rings is 1. The Morgan fingerprint density at radius 1 is 1.35 bits per heavy atom. The first-order chi connectivity index (χ1) is 8.40. The van der Waals surface area contributed by atoms with Gasteiger partial charge in [0.25, 0.3) is 6.47 Å². The van der Waals surface area contributed by atoms with E-state index in [0.29, 0.717) is 18.7 Å². The molecule has 0 bridgehead atoms. The van der Waals surface area contributed by atoms with Gasteiger partial charge >= 0.3 is 0 Å². The molecule has 0 fully saturated rings. The number of H-pyrrole nitrogens is 1. The normalized spacial score (nSPS) is 12.0. The van der Waals surface area contributed by atoms with Gasteiger partial charge in [0.05, 0.1) is 5.92 Å². The zero-order valence-electron chi connectivity index (χ0n) is 9.11. The molecule has 0 spiro atoms. The molecule has 0 saturated carbocycles. The third kappa shape index (κ3) is 3.10. The van der Waals surface area contributed by atoms with Crippen LogP contribution in [0.3, 0.4) is 0 Å². The first-order valence-electron chi connectivity index (χ1n) is 5.22. The van der Waals surface area contributed by atoms with E-state index in [2.05, 4.69) is 20.6 Å². The van der Waals surface area contributed by atoms with Gasteiger partial charge in [-0.1, -0.05) is 35.5 Å². The van der Waals surface area contributed by atoms with Crippen molar-refractivity contribution >= 4 is 6.47 Å². The lowest BCUT2D eigenvalue weighted by atomic mass is 9.99. The first kappa shape index (κ1) is 11.3. The predicted molar refractivity (Wildman–Crippen MR) is 59.1 cm³/mol. The van der Waals surface area contributed by atoms with Crippen LogP contribution in [0.2, 0.25) is 0 Å². The van der Waals surface area contributed by atoms with Crippen LogP contribution in [-0.2, 0) is 16.0 Å². The lowest BCUT2D eigenvalue weighted by Gasteiger charge is -2.11. The van der Waals surface area contributed by atoms with Crippen LogP contribution in [0.4, 0.5) is 0 Å². The van der Waals surface area contributed by atoms with Gasteiger partial charge in [0, 0.05) is 0 Å². The van der Waals surface area contributed by atoms with Crippen molar-refractivity contribution in [3.63, 3.8) is 0 Å². The van der Waals surface area contributed by atoms with Gasteiger partial charge in [-0.05, 0) is 12.0 Å². The molecular formula is C11H12N4O2. The second kappa shape index (κ2) is 5.74. The number of nitrogens with zero attached hydrogens (tertiary/aromatic N) is 3. The summed E-state index contributed by atoms with van der Waals surface area (Å²) in [6.07, 6.45) is 0.703. The second-order valence-corrected chi connectivity index (χ2v) is 3.59. The molecular weight excluding hydrogens is 220 g/mol. The topological polar surface area (TPSA) is 80.8 Å². The van der Waals surface area contributed by atoms with E-state index < -0.39 is 0 Å². The maximum absolute atomic E-state index is 10.2. The molecule has 0 aliphatic rings. The van der Waals surface area contributed by atoms with E-state index in [1.807, 2.05) is 30.3 Å².